The van der Waals surface area contributed by atoms with Crippen molar-refractivity contribution in [3.05, 3.63) is 52.9 Å². The van der Waals surface area contributed by atoms with Crippen LogP contribution in [-0.2, 0) is 21.2 Å². The second kappa shape index (κ2) is 7.68. The molecule has 1 atom stereocenters. The number of nitrogens with one attached hydrogen (secondary N) is 1. The van der Waals surface area contributed by atoms with Crippen LogP contribution in [0, 0.1) is 5.41 Å². The number of benzene rings is 1. The third kappa shape index (κ3) is 6.26. The maximum atomic E-state index is 12.5. The first-order valence-corrected chi connectivity index (χ1v) is 10.4. The summed E-state index contributed by atoms with van der Waals surface area (Å²) >= 11 is 1.03. The summed E-state index contributed by atoms with van der Waals surface area (Å²) in [5.74, 6) is -0.138. The molecule has 2 aromatic rings. The van der Waals surface area contributed by atoms with Crippen molar-refractivity contribution in [2.24, 2.45) is 10.6 Å². The fraction of sp³-hybridized carbons (Fsp3) is 0.389. The van der Waals surface area contributed by atoms with E-state index in [1.807, 2.05) is 30.3 Å². The van der Waals surface area contributed by atoms with Crippen molar-refractivity contribution in [3.63, 3.8) is 0 Å². The maximum absolute atomic E-state index is 12.5. The van der Waals surface area contributed by atoms with Gasteiger partial charge in [-0.25, -0.2) is 13.6 Å². The molecule has 0 radical (unpaired) electrons. The topological polar surface area (TPSA) is 89.3 Å². The van der Waals surface area contributed by atoms with Gasteiger partial charge in [-0.15, -0.1) is 11.3 Å². The summed E-state index contributed by atoms with van der Waals surface area (Å²) in [6.45, 7) is 6.40. The average molecular weight is 381 g/mol. The van der Waals surface area contributed by atoms with Crippen LogP contribution in [-0.4, -0.2) is 14.3 Å². The molecule has 0 saturated heterocycles. The normalized spacial score (nSPS) is 13.4. The number of primary sulfonamides is 1. The molecule has 7 heteroatoms. The van der Waals surface area contributed by atoms with Crippen molar-refractivity contribution in [2.45, 2.75) is 43.9 Å². The third-order valence-corrected chi connectivity index (χ3v) is 6.13. The van der Waals surface area contributed by atoms with Crippen molar-refractivity contribution >= 4 is 27.3 Å². The number of thiophene rings is 1. The molecule has 2 rings (SSSR count). The van der Waals surface area contributed by atoms with Crippen LogP contribution in [0.15, 0.2) is 46.7 Å². The molecule has 1 amide bonds. The van der Waals surface area contributed by atoms with Gasteiger partial charge in [-0.1, -0.05) is 51.1 Å². The quantitative estimate of drug-likeness (QED) is 0.806. The lowest BCUT2D eigenvalue weighted by Gasteiger charge is -2.27. The first-order valence-electron chi connectivity index (χ1n) is 8.00. The summed E-state index contributed by atoms with van der Waals surface area (Å²) in [5, 5.41) is 8.18. The second-order valence-electron chi connectivity index (χ2n) is 7.24. The summed E-state index contributed by atoms with van der Waals surface area (Å²) in [6, 6.07) is 12.8. The van der Waals surface area contributed by atoms with E-state index in [1.54, 1.807) is 6.07 Å². The largest absolute Gasteiger partial charge is 0.349 e. The summed E-state index contributed by atoms with van der Waals surface area (Å²) in [4.78, 5) is 13.1. The van der Waals surface area contributed by atoms with E-state index in [9.17, 15) is 13.2 Å². The van der Waals surface area contributed by atoms with Crippen LogP contribution in [0.2, 0.25) is 0 Å². The molecule has 25 heavy (non-hydrogen) atoms. The maximum Gasteiger partial charge on any atom is 0.247 e. The van der Waals surface area contributed by atoms with Gasteiger partial charge < -0.3 is 5.32 Å². The molecule has 0 unspecified atom stereocenters. The highest BCUT2D eigenvalue weighted by Gasteiger charge is 2.22. The van der Waals surface area contributed by atoms with Crippen LogP contribution in [0.3, 0.4) is 0 Å². The number of carbonyl (C=O) groups excluding carboxylic acids is 1. The molecule has 0 bridgehead atoms. The number of rotatable bonds is 6. The highest BCUT2D eigenvalue weighted by atomic mass is 32.2. The molecule has 1 heterocycles. The lowest BCUT2D eigenvalue weighted by atomic mass is 9.85. The second-order valence-corrected chi connectivity index (χ2v) is 10.2. The Labute approximate surface area is 153 Å². The lowest BCUT2D eigenvalue weighted by Crippen LogP contribution is -2.32. The fourth-order valence-corrected chi connectivity index (χ4v) is 4.34. The predicted octanol–water partition coefficient (Wildman–Crippen LogP) is 3.23. The Bertz CT molecular complexity index is 822. The van der Waals surface area contributed by atoms with Gasteiger partial charge in [0.1, 0.15) is 4.21 Å². The minimum atomic E-state index is -3.72. The van der Waals surface area contributed by atoms with Crippen LogP contribution in [0.4, 0.5) is 0 Å². The lowest BCUT2D eigenvalue weighted by molar-refractivity contribution is -0.121. The van der Waals surface area contributed by atoms with Gasteiger partial charge in [0, 0.05) is 4.88 Å². The van der Waals surface area contributed by atoms with E-state index in [1.165, 1.54) is 6.07 Å². The van der Waals surface area contributed by atoms with Gasteiger partial charge in [0.05, 0.1) is 12.5 Å². The van der Waals surface area contributed by atoms with E-state index in [2.05, 4.69) is 26.1 Å². The van der Waals surface area contributed by atoms with Gasteiger partial charge in [0.25, 0.3) is 0 Å². The molecule has 5 nitrogen and oxygen atoms in total. The van der Waals surface area contributed by atoms with Crippen LogP contribution >= 0.6 is 11.3 Å². The van der Waals surface area contributed by atoms with Gasteiger partial charge in [-0.2, -0.15) is 0 Å². The highest BCUT2D eigenvalue weighted by molar-refractivity contribution is 7.91. The molecule has 1 aromatic heterocycles. The molecule has 3 N–H and O–H groups in total. The first kappa shape index (κ1) is 19.6. The van der Waals surface area contributed by atoms with Gasteiger partial charge in [-0.05, 0) is 29.5 Å². The smallest absolute Gasteiger partial charge is 0.247 e. The van der Waals surface area contributed by atoms with Crippen LogP contribution in [0.1, 0.15) is 43.7 Å². The Morgan fingerprint density at radius 3 is 2.32 bits per heavy atom. The van der Waals surface area contributed by atoms with E-state index in [-0.39, 0.29) is 28.0 Å². The zero-order valence-electron chi connectivity index (χ0n) is 14.7. The Morgan fingerprint density at radius 1 is 1.16 bits per heavy atom. The highest BCUT2D eigenvalue weighted by Crippen LogP contribution is 2.29. The standard InChI is InChI=1S/C18H24N2O3S2/c1-18(2,3)12-15(13-7-5-4-6-8-13)20-16(21)11-14-9-10-17(24-14)25(19,22)23/h4-10,15H,11-12H2,1-3H3,(H,20,21)(H2,19,22,23)/t15-/m0/s1. The zero-order valence-corrected chi connectivity index (χ0v) is 16.3. The zero-order chi connectivity index (χ0) is 18.7. The monoisotopic (exact) mass is 380 g/mol. The molecular formula is C18H24N2O3S2. The number of amides is 1. The van der Waals surface area contributed by atoms with Crippen LogP contribution < -0.4 is 10.5 Å². The minimum absolute atomic E-state index is 0.0531. The molecule has 0 fully saturated rings. The fourth-order valence-electron chi connectivity index (χ4n) is 2.56. The summed E-state index contributed by atoms with van der Waals surface area (Å²) in [5.41, 5.74) is 1.11. The van der Waals surface area contributed by atoms with E-state index < -0.39 is 10.0 Å². The molecule has 0 aliphatic carbocycles. The van der Waals surface area contributed by atoms with Crippen LogP contribution in [0.5, 0.6) is 0 Å². The molecule has 0 aliphatic rings. The van der Waals surface area contributed by atoms with Gasteiger partial charge >= 0.3 is 0 Å². The summed E-state index contributed by atoms with van der Waals surface area (Å²) in [6.07, 6.45) is 0.934. The number of nitrogens with two attached hydrogens (primary N) is 1. The van der Waals surface area contributed by atoms with E-state index in [0.29, 0.717) is 4.88 Å². The molecule has 0 aliphatic heterocycles. The molecule has 0 saturated carbocycles. The van der Waals surface area contributed by atoms with Crippen molar-refractivity contribution < 1.29 is 13.2 Å². The van der Waals surface area contributed by atoms with Crippen molar-refractivity contribution in [1.29, 1.82) is 0 Å². The third-order valence-electron chi connectivity index (χ3n) is 3.61. The Balaban J connectivity index is 2.10. The van der Waals surface area contributed by atoms with Gasteiger partial charge in [0.15, 0.2) is 0 Å². The summed E-state index contributed by atoms with van der Waals surface area (Å²) < 4.78 is 22.8. The van der Waals surface area contributed by atoms with Gasteiger partial charge in [0.2, 0.25) is 15.9 Å². The SMILES string of the molecule is CC(C)(C)C[C@H](NC(=O)Cc1ccc(S(N)(=O)=O)s1)c1ccccc1. The minimum Gasteiger partial charge on any atom is -0.349 e. The van der Waals surface area contributed by atoms with E-state index >= 15 is 0 Å². The van der Waals surface area contributed by atoms with E-state index in [0.717, 1.165) is 23.3 Å². The van der Waals surface area contributed by atoms with Crippen molar-refractivity contribution in [1.82, 2.24) is 5.32 Å². The first-order chi connectivity index (χ1) is 11.5. The molecular weight excluding hydrogens is 356 g/mol. The number of hydrogen-bond acceptors (Lipinski definition) is 4. The number of hydrogen-bond donors (Lipinski definition) is 2. The Hall–Kier alpha value is -1.70. The van der Waals surface area contributed by atoms with E-state index in [4.69, 9.17) is 5.14 Å². The molecule has 0 spiro atoms. The van der Waals surface area contributed by atoms with Gasteiger partial charge in [-0.3, -0.25) is 4.79 Å². The van der Waals surface area contributed by atoms with Crippen LogP contribution in [0.25, 0.3) is 0 Å². The molecule has 1 aromatic carbocycles. The number of sulfonamides is 1. The molecule has 136 valence electrons. The summed E-state index contributed by atoms with van der Waals surface area (Å²) in [7, 11) is -3.72. The van der Waals surface area contributed by atoms with Crippen molar-refractivity contribution in [2.75, 3.05) is 0 Å². The average Bonchev–Trinajstić information content (AvgIpc) is 2.94. The Kier molecular flexibility index (Phi) is 6.03. The number of carbonyl (C=O) groups is 1. The Morgan fingerprint density at radius 2 is 1.80 bits per heavy atom. The van der Waals surface area contributed by atoms with Crippen molar-refractivity contribution in [3.8, 4) is 0 Å². The predicted molar refractivity (Wildman–Crippen MR) is 101 cm³/mol.